The van der Waals surface area contributed by atoms with E-state index in [1.807, 2.05) is 6.07 Å². The minimum Gasteiger partial charge on any atom is -0.461 e. The van der Waals surface area contributed by atoms with E-state index in [-0.39, 0.29) is 30.4 Å². The fraction of sp³-hybridized carbons (Fsp3) is 0.214. The third-order valence-corrected chi connectivity index (χ3v) is 2.60. The molecule has 21 heavy (non-hydrogen) atoms. The lowest BCUT2D eigenvalue weighted by molar-refractivity contribution is 0.0519. The van der Waals surface area contributed by atoms with Gasteiger partial charge in [-0.25, -0.2) is 9.18 Å². The molecule has 0 aliphatic rings. The maximum atomic E-state index is 13.7. The number of hydrogen-bond donors (Lipinski definition) is 1. The Hall–Kier alpha value is -2.88. The molecule has 7 heteroatoms. The zero-order valence-electron chi connectivity index (χ0n) is 11.2. The summed E-state index contributed by atoms with van der Waals surface area (Å²) in [4.78, 5) is 15.3. The molecule has 0 aliphatic heterocycles. The van der Waals surface area contributed by atoms with Crippen molar-refractivity contribution in [1.29, 1.82) is 5.26 Å². The van der Waals surface area contributed by atoms with Crippen LogP contribution >= 0.6 is 0 Å². The standard InChI is InChI=1S/C14H12FN3O3/c1-2-20-13(19)12-8-21-14(18-12)17-7-10-4-3-9(6-16)5-11(10)15/h3-5,8H,2,7H2,1H3,(H,17,18). The number of rotatable bonds is 5. The van der Waals surface area contributed by atoms with Crippen LogP contribution in [0.4, 0.5) is 10.4 Å². The van der Waals surface area contributed by atoms with Gasteiger partial charge in [0.1, 0.15) is 12.1 Å². The molecule has 108 valence electrons. The van der Waals surface area contributed by atoms with Crippen molar-refractivity contribution in [2.24, 2.45) is 0 Å². The number of nitriles is 1. The summed E-state index contributed by atoms with van der Waals surface area (Å²) in [6.07, 6.45) is 1.16. The third-order valence-electron chi connectivity index (χ3n) is 2.60. The van der Waals surface area contributed by atoms with E-state index in [4.69, 9.17) is 14.4 Å². The van der Waals surface area contributed by atoms with Crippen LogP contribution < -0.4 is 5.32 Å². The van der Waals surface area contributed by atoms with Gasteiger partial charge in [-0.2, -0.15) is 10.2 Å². The van der Waals surface area contributed by atoms with E-state index >= 15 is 0 Å². The fourth-order valence-corrected chi connectivity index (χ4v) is 1.58. The van der Waals surface area contributed by atoms with Crippen LogP contribution in [0.1, 0.15) is 28.5 Å². The maximum Gasteiger partial charge on any atom is 0.360 e. The predicted octanol–water partition coefficient (Wildman–Crippen LogP) is 2.47. The average Bonchev–Trinajstić information content (AvgIpc) is 2.95. The second-order valence-corrected chi connectivity index (χ2v) is 4.03. The molecule has 0 saturated heterocycles. The molecule has 1 aromatic carbocycles. The SMILES string of the molecule is CCOC(=O)c1coc(NCc2ccc(C#N)cc2F)n1. The third kappa shape index (κ3) is 3.57. The van der Waals surface area contributed by atoms with Crippen LogP contribution in [0, 0.1) is 17.1 Å². The Morgan fingerprint density at radius 1 is 1.57 bits per heavy atom. The van der Waals surface area contributed by atoms with Crippen molar-refractivity contribution in [3.8, 4) is 6.07 Å². The van der Waals surface area contributed by atoms with Gasteiger partial charge in [0.15, 0.2) is 5.69 Å². The number of hydrogen-bond acceptors (Lipinski definition) is 6. The first kappa shape index (κ1) is 14.5. The Labute approximate surface area is 120 Å². The number of carbonyl (C=O) groups is 1. The lowest BCUT2D eigenvalue weighted by atomic mass is 10.1. The van der Waals surface area contributed by atoms with E-state index in [1.165, 1.54) is 12.1 Å². The van der Waals surface area contributed by atoms with Gasteiger partial charge in [0.25, 0.3) is 6.01 Å². The van der Waals surface area contributed by atoms with Crippen LogP contribution in [0.15, 0.2) is 28.9 Å². The molecule has 2 rings (SSSR count). The van der Waals surface area contributed by atoms with Crippen molar-refractivity contribution in [3.63, 3.8) is 0 Å². The van der Waals surface area contributed by atoms with Crippen LogP contribution in [0.25, 0.3) is 0 Å². The van der Waals surface area contributed by atoms with Gasteiger partial charge in [-0.05, 0) is 19.1 Å². The number of ether oxygens (including phenoxy) is 1. The van der Waals surface area contributed by atoms with Crippen molar-refractivity contribution in [2.45, 2.75) is 13.5 Å². The van der Waals surface area contributed by atoms with E-state index < -0.39 is 11.8 Å². The first-order valence-corrected chi connectivity index (χ1v) is 6.19. The van der Waals surface area contributed by atoms with Gasteiger partial charge in [-0.3, -0.25) is 0 Å². The Balaban J connectivity index is 2.00. The zero-order chi connectivity index (χ0) is 15.2. The largest absolute Gasteiger partial charge is 0.461 e. The van der Waals surface area contributed by atoms with E-state index in [9.17, 15) is 9.18 Å². The van der Waals surface area contributed by atoms with E-state index in [0.717, 1.165) is 12.3 Å². The molecular weight excluding hydrogens is 277 g/mol. The number of halogens is 1. The van der Waals surface area contributed by atoms with Crippen LogP contribution in [-0.2, 0) is 11.3 Å². The molecule has 0 bridgehead atoms. The highest BCUT2D eigenvalue weighted by atomic mass is 19.1. The topological polar surface area (TPSA) is 88.1 Å². The van der Waals surface area contributed by atoms with Crippen molar-refractivity contribution >= 4 is 12.0 Å². The number of anilines is 1. The van der Waals surface area contributed by atoms with Crippen molar-refractivity contribution < 1.29 is 18.3 Å². The van der Waals surface area contributed by atoms with E-state index in [2.05, 4.69) is 10.3 Å². The van der Waals surface area contributed by atoms with Gasteiger partial charge in [-0.1, -0.05) is 6.07 Å². The zero-order valence-corrected chi connectivity index (χ0v) is 11.2. The molecule has 0 unspecified atom stereocenters. The van der Waals surface area contributed by atoms with Gasteiger partial charge in [-0.15, -0.1) is 0 Å². The summed E-state index contributed by atoms with van der Waals surface area (Å²) >= 11 is 0. The summed E-state index contributed by atoms with van der Waals surface area (Å²) in [6.45, 7) is 2.04. The summed E-state index contributed by atoms with van der Waals surface area (Å²) in [5, 5.41) is 11.4. The number of esters is 1. The lowest BCUT2D eigenvalue weighted by Crippen LogP contribution is -2.06. The Kier molecular flexibility index (Phi) is 4.51. The molecule has 0 saturated carbocycles. The molecule has 6 nitrogen and oxygen atoms in total. The highest BCUT2D eigenvalue weighted by Crippen LogP contribution is 2.14. The summed E-state index contributed by atoms with van der Waals surface area (Å²) in [5.74, 6) is -1.09. The smallest absolute Gasteiger partial charge is 0.360 e. The van der Waals surface area contributed by atoms with Crippen molar-refractivity contribution in [1.82, 2.24) is 4.98 Å². The normalized spacial score (nSPS) is 9.95. The number of benzene rings is 1. The summed E-state index contributed by atoms with van der Waals surface area (Å²) < 4.78 is 23.5. The molecular formula is C14H12FN3O3. The summed E-state index contributed by atoms with van der Waals surface area (Å²) in [6, 6.07) is 6.10. The Morgan fingerprint density at radius 2 is 2.38 bits per heavy atom. The Morgan fingerprint density at radius 3 is 3.05 bits per heavy atom. The molecule has 2 aromatic rings. The highest BCUT2D eigenvalue weighted by Gasteiger charge is 2.13. The fourth-order valence-electron chi connectivity index (χ4n) is 1.58. The number of nitrogens with zero attached hydrogens (tertiary/aromatic N) is 2. The maximum absolute atomic E-state index is 13.7. The molecule has 1 aromatic heterocycles. The van der Waals surface area contributed by atoms with Crippen LogP contribution in [-0.4, -0.2) is 17.6 Å². The van der Waals surface area contributed by atoms with Crippen molar-refractivity contribution in [3.05, 3.63) is 47.1 Å². The highest BCUT2D eigenvalue weighted by molar-refractivity contribution is 5.87. The molecule has 0 spiro atoms. The second kappa shape index (κ2) is 6.52. The van der Waals surface area contributed by atoms with Gasteiger partial charge < -0.3 is 14.5 Å². The monoisotopic (exact) mass is 289 g/mol. The quantitative estimate of drug-likeness (QED) is 0.851. The van der Waals surface area contributed by atoms with Gasteiger partial charge >= 0.3 is 5.97 Å². The Bertz CT molecular complexity index is 691. The van der Waals surface area contributed by atoms with Gasteiger partial charge in [0.2, 0.25) is 0 Å². The molecule has 0 radical (unpaired) electrons. The van der Waals surface area contributed by atoms with Crippen molar-refractivity contribution in [2.75, 3.05) is 11.9 Å². The number of nitrogens with one attached hydrogen (secondary N) is 1. The molecule has 1 N–H and O–H groups in total. The molecule has 1 heterocycles. The second-order valence-electron chi connectivity index (χ2n) is 4.03. The minimum atomic E-state index is -0.584. The predicted molar refractivity (Wildman–Crippen MR) is 70.9 cm³/mol. The van der Waals surface area contributed by atoms with Crippen LogP contribution in [0.3, 0.4) is 0 Å². The van der Waals surface area contributed by atoms with E-state index in [1.54, 1.807) is 6.92 Å². The van der Waals surface area contributed by atoms with Gasteiger partial charge in [0, 0.05) is 12.1 Å². The van der Waals surface area contributed by atoms with Crippen LogP contribution in [0.2, 0.25) is 0 Å². The first-order valence-electron chi connectivity index (χ1n) is 6.19. The number of carbonyl (C=O) groups excluding carboxylic acids is 1. The van der Waals surface area contributed by atoms with Gasteiger partial charge in [0.05, 0.1) is 18.2 Å². The number of aromatic nitrogens is 1. The summed E-state index contributed by atoms with van der Waals surface area (Å²) in [7, 11) is 0. The van der Waals surface area contributed by atoms with Crippen LogP contribution in [0.5, 0.6) is 0 Å². The molecule has 0 aliphatic carbocycles. The molecule has 0 amide bonds. The minimum absolute atomic E-state index is 0.0413. The number of oxazole rings is 1. The van der Waals surface area contributed by atoms with E-state index in [0.29, 0.717) is 5.56 Å². The molecule has 0 atom stereocenters. The molecule has 0 fully saturated rings. The first-order chi connectivity index (χ1) is 10.1. The average molecular weight is 289 g/mol. The lowest BCUT2D eigenvalue weighted by Gasteiger charge is -2.03. The summed E-state index contributed by atoms with van der Waals surface area (Å²) in [5.41, 5.74) is 0.640.